The lowest BCUT2D eigenvalue weighted by Gasteiger charge is -2.33. The summed E-state index contributed by atoms with van der Waals surface area (Å²) in [6.07, 6.45) is 2.02. The van der Waals surface area contributed by atoms with Gasteiger partial charge in [-0.25, -0.2) is 14.8 Å². The maximum absolute atomic E-state index is 13.2. The molecule has 12 nitrogen and oxygen atoms in total. The number of piperidine rings is 1. The van der Waals surface area contributed by atoms with Gasteiger partial charge in [-0.3, -0.25) is 9.59 Å². The molecular weight excluding hydrogens is 566 g/mol. The standard InChI is InChI=1S/C32H51N5O7/c1-32(2,3)44-30(39)14-19-42-21-22-43-20-15-33-26-11-16-36(17-12-26)29(38)13-18-37-27(23-25-9-7-8-10-28(25)37)24-34(4)35(5)31(40)41-6/h7-10,23,26,33H,11-22,24H2,1-6H3. The largest absolute Gasteiger partial charge is 0.460 e. The van der Waals surface area contributed by atoms with Crippen LogP contribution < -0.4 is 5.32 Å². The van der Waals surface area contributed by atoms with E-state index < -0.39 is 11.7 Å². The van der Waals surface area contributed by atoms with E-state index in [0.29, 0.717) is 52.0 Å². The predicted molar refractivity (Wildman–Crippen MR) is 168 cm³/mol. The van der Waals surface area contributed by atoms with E-state index in [1.54, 1.807) is 12.1 Å². The average molecular weight is 618 g/mol. The number of hydrogen-bond acceptors (Lipinski definition) is 9. The quantitative estimate of drug-likeness (QED) is 0.172. The van der Waals surface area contributed by atoms with E-state index in [2.05, 4.69) is 28.1 Å². The molecule has 0 unspecified atom stereocenters. The van der Waals surface area contributed by atoms with Crippen LogP contribution in [-0.2, 0) is 41.6 Å². The Morgan fingerprint density at radius 2 is 1.66 bits per heavy atom. The van der Waals surface area contributed by atoms with Crippen LogP contribution in [0.4, 0.5) is 4.79 Å². The average Bonchev–Trinajstić information content (AvgIpc) is 3.34. The normalized spacial score (nSPS) is 14.3. The number of fused-ring (bicyclic) bond motifs is 1. The first kappa shape index (κ1) is 35.3. The summed E-state index contributed by atoms with van der Waals surface area (Å²) in [6, 6.07) is 10.6. The fourth-order valence-electron chi connectivity index (χ4n) is 5.18. The van der Waals surface area contributed by atoms with Gasteiger partial charge in [0.25, 0.3) is 0 Å². The molecule has 0 saturated carbocycles. The van der Waals surface area contributed by atoms with Crippen molar-refractivity contribution < 1.29 is 33.3 Å². The molecule has 1 aromatic heterocycles. The number of hydrazine groups is 1. The van der Waals surface area contributed by atoms with Crippen LogP contribution in [0.1, 0.15) is 52.1 Å². The van der Waals surface area contributed by atoms with Crippen molar-refractivity contribution in [1.29, 1.82) is 0 Å². The first-order valence-electron chi connectivity index (χ1n) is 15.5. The van der Waals surface area contributed by atoms with Crippen molar-refractivity contribution in [3.05, 3.63) is 36.0 Å². The fraction of sp³-hybridized carbons (Fsp3) is 0.656. The van der Waals surface area contributed by atoms with Gasteiger partial charge in [0, 0.05) is 63.9 Å². The van der Waals surface area contributed by atoms with Gasteiger partial charge >= 0.3 is 12.1 Å². The van der Waals surface area contributed by atoms with Gasteiger partial charge in [0.15, 0.2) is 0 Å². The van der Waals surface area contributed by atoms with Gasteiger partial charge in [0.1, 0.15) is 5.60 Å². The second-order valence-corrected chi connectivity index (χ2v) is 12.1. The van der Waals surface area contributed by atoms with Crippen molar-refractivity contribution in [3.8, 4) is 0 Å². The number of methoxy groups -OCH3 is 1. The molecule has 0 radical (unpaired) electrons. The van der Waals surface area contributed by atoms with Gasteiger partial charge in [0.2, 0.25) is 5.91 Å². The number of nitrogens with one attached hydrogen (secondary N) is 1. The summed E-state index contributed by atoms with van der Waals surface area (Å²) < 4.78 is 23.4. The third-order valence-corrected chi connectivity index (χ3v) is 7.56. The van der Waals surface area contributed by atoms with Gasteiger partial charge in [0.05, 0.1) is 46.5 Å². The third-order valence-electron chi connectivity index (χ3n) is 7.56. The molecule has 1 saturated heterocycles. The first-order valence-corrected chi connectivity index (χ1v) is 15.5. The van der Waals surface area contributed by atoms with Gasteiger partial charge in [-0.2, -0.15) is 0 Å². The molecule has 0 atom stereocenters. The smallest absolute Gasteiger partial charge is 0.423 e. The van der Waals surface area contributed by atoms with Gasteiger partial charge in [-0.1, -0.05) is 18.2 Å². The Hall–Kier alpha value is -3.19. The molecule has 44 heavy (non-hydrogen) atoms. The van der Waals surface area contributed by atoms with E-state index >= 15 is 0 Å². The monoisotopic (exact) mass is 617 g/mol. The highest BCUT2D eigenvalue weighted by atomic mass is 16.6. The fourth-order valence-corrected chi connectivity index (χ4v) is 5.18. The van der Waals surface area contributed by atoms with Crippen LogP contribution in [0.15, 0.2) is 30.3 Å². The lowest BCUT2D eigenvalue weighted by molar-refractivity contribution is -0.156. The zero-order valence-electron chi connectivity index (χ0n) is 27.3. The molecule has 1 aliphatic rings. The second-order valence-electron chi connectivity index (χ2n) is 12.1. The summed E-state index contributed by atoms with van der Waals surface area (Å²) in [6.45, 7) is 10.6. The van der Waals surface area contributed by atoms with Crippen molar-refractivity contribution >= 4 is 28.9 Å². The Kier molecular flexibility index (Phi) is 13.9. The van der Waals surface area contributed by atoms with Crippen molar-refractivity contribution in [2.45, 2.75) is 71.2 Å². The first-order chi connectivity index (χ1) is 21.0. The van der Waals surface area contributed by atoms with E-state index in [9.17, 15) is 14.4 Å². The number of carbonyl (C=O) groups excluding carboxylic acids is 3. The minimum Gasteiger partial charge on any atom is -0.460 e. The molecule has 1 fully saturated rings. The molecular formula is C32H51N5O7. The SMILES string of the molecule is COC(=O)N(C)N(C)Cc1cc2ccccc2n1CCC(=O)N1CCC(NCCOCCOCCC(=O)OC(C)(C)C)CC1. The van der Waals surface area contributed by atoms with E-state index in [0.717, 1.165) is 49.1 Å². The zero-order chi connectivity index (χ0) is 32.1. The molecule has 1 N–H and O–H groups in total. The number of para-hydroxylation sites is 1. The molecule has 0 bridgehead atoms. The van der Waals surface area contributed by atoms with E-state index in [-0.39, 0.29) is 18.3 Å². The number of likely N-dealkylation sites (tertiary alicyclic amines) is 1. The number of esters is 1. The zero-order valence-corrected chi connectivity index (χ0v) is 27.3. The summed E-state index contributed by atoms with van der Waals surface area (Å²) >= 11 is 0. The van der Waals surface area contributed by atoms with Gasteiger partial charge in [-0.15, -0.1) is 0 Å². The molecule has 0 aliphatic carbocycles. The summed E-state index contributed by atoms with van der Waals surface area (Å²) in [5.74, 6) is -0.105. The van der Waals surface area contributed by atoms with Crippen molar-refractivity contribution in [3.63, 3.8) is 0 Å². The van der Waals surface area contributed by atoms with Crippen LogP contribution in [0.3, 0.4) is 0 Å². The molecule has 2 heterocycles. The topological polar surface area (TPSA) is 115 Å². The van der Waals surface area contributed by atoms with E-state index in [4.69, 9.17) is 18.9 Å². The van der Waals surface area contributed by atoms with Crippen LogP contribution in [0.2, 0.25) is 0 Å². The number of aryl methyl sites for hydroxylation is 1. The lowest BCUT2D eigenvalue weighted by atomic mass is 10.0. The Balaban J connectivity index is 1.33. The van der Waals surface area contributed by atoms with Crippen molar-refractivity contribution in [2.75, 3.05) is 67.3 Å². The number of ether oxygens (including phenoxy) is 4. The number of hydrogen-bond donors (Lipinski definition) is 1. The number of amides is 2. The Morgan fingerprint density at radius 1 is 0.977 bits per heavy atom. The van der Waals surface area contributed by atoms with E-state index in [1.165, 1.54) is 12.1 Å². The number of benzene rings is 1. The van der Waals surface area contributed by atoms with Crippen LogP contribution in [0.5, 0.6) is 0 Å². The number of aromatic nitrogens is 1. The van der Waals surface area contributed by atoms with Crippen molar-refractivity contribution in [2.24, 2.45) is 0 Å². The molecule has 2 amide bonds. The Bertz CT molecular complexity index is 1200. The summed E-state index contributed by atoms with van der Waals surface area (Å²) in [5, 5.41) is 7.86. The summed E-state index contributed by atoms with van der Waals surface area (Å²) in [4.78, 5) is 38.8. The third kappa shape index (κ3) is 11.4. The minimum absolute atomic E-state index is 0.155. The molecule has 12 heteroatoms. The summed E-state index contributed by atoms with van der Waals surface area (Å²) in [7, 11) is 4.86. The molecule has 0 spiro atoms. The Labute approximate surface area is 261 Å². The highest BCUT2D eigenvalue weighted by Gasteiger charge is 2.23. The van der Waals surface area contributed by atoms with E-state index in [1.807, 2.05) is 44.9 Å². The predicted octanol–water partition coefficient (Wildman–Crippen LogP) is 3.42. The highest BCUT2D eigenvalue weighted by molar-refractivity contribution is 5.82. The number of nitrogens with zero attached hydrogens (tertiary/aromatic N) is 4. The van der Waals surface area contributed by atoms with Gasteiger partial charge < -0.3 is 33.7 Å². The molecule has 2 aromatic rings. The van der Waals surface area contributed by atoms with Crippen LogP contribution in [0, 0.1) is 0 Å². The lowest BCUT2D eigenvalue weighted by Crippen LogP contribution is -2.45. The van der Waals surface area contributed by atoms with Crippen LogP contribution >= 0.6 is 0 Å². The number of rotatable bonds is 16. The van der Waals surface area contributed by atoms with Crippen LogP contribution in [-0.4, -0.2) is 116 Å². The second kappa shape index (κ2) is 17.3. The maximum atomic E-state index is 13.2. The molecule has 3 rings (SSSR count). The molecule has 246 valence electrons. The molecule has 1 aromatic carbocycles. The molecule has 1 aliphatic heterocycles. The maximum Gasteiger partial charge on any atom is 0.423 e. The van der Waals surface area contributed by atoms with Crippen LogP contribution in [0.25, 0.3) is 10.9 Å². The number of carbonyl (C=O) groups is 3. The summed E-state index contributed by atoms with van der Waals surface area (Å²) in [5.41, 5.74) is 1.62. The minimum atomic E-state index is -0.479. The Morgan fingerprint density at radius 3 is 2.34 bits per heavy atom. The van der Waals surface area contributed by atoms with Crippen molar-refractivity contribution in [1.82, 2.24) is 24.8 Å². The highest BCUT2D eigenvalue weighted by Crippen LogP contribution is 2.22. The van der Waals surface area contributed by atoms with Gasteiger partial charge in [-0.05, 0) is 51.1 Å².